The number of para-hydroxylation sites is 2. The molecule has 2 atom stereocenters. The summed E-state index contributed by atoms with van der Waals surface area (Å²) < 4.78 is 5.73. The van der Waals surface area contributed by atoms with E-state index >= 15 is 0 Å². The lowest BCUT2D eigenvalue weighted by atomic mass is 10.2. The third kappa shape index (κ3) is 2.51. The summed E-state index contributed by atoms with van der Waals surface area (Å²) in [6, 6.07) is 7.77. The zero-order valence-electron chi connectivity index (χ0n) is 11.0. The summed E-state index contributed by atoms with van der Waals surface area (Å²) in [6.07, 6.45) is 0.348. The molecule has 1 fully saturated rings. The molecule has 0 radical (unpaired) electrons. The molecular formula is C14H16ClN3O. The number of aromatic nitrogens is 2. The van der Waals surface area contributed by atoms with Gasteiger partial charge in [-0.05, 0) is 26.0 Å². The Kier molecular flexibility index (Phi) is 3.29. The first-order valence-corrected chi connectivity index (χ1v) is 6.84. The van der Waals surface area contributed by atoms with E-state index in [1.54, 1.807) is 0 Å². The molecule has 1 aliphatic rings. The summed E-state index contributed by atoms with van der Waals surface area (Å²) in [5.41, 5.74) is 1.69. The minimum Gasteiger partial charge on any atom is -0.372 e. The highest BCUT2D eigenvalue weighted by atomic mass is 35.5. The number of benzene rings is 1. The summed E-state index contributed by atoms with van der Waals surface area (Å²) in [6.45, 7) is 5.70. The monoisotopic (exact) mass is 277 g/mol. The van der Waals surface area contributed by atoms with Gasteiger partial charge in [-0.25, -0.2) is 9.97 Å². The minimum absolute atomic E-state index is 0.174. The van der Waals surface area contributed by atoms with Gasteiger partial charge in [-0.2, -0.15) is 0 Å². The van der Waals surface area contributed by atoms with Crippen molar-refractivity contribution in [1.82, 2.24) is 9.97 Å². The van der Waals surface area contributed by atoms with Crippen molar-refractivity contribution in [2.45, 2.75) is 26.1 Å². The van der Waals surface area contributed by atoms with Gasteiger partial charge in [0.1, 0.15) is 0 Å². The third-order valence-corrected chi connectivity index (χ3v) is 3.48. The third-order valence-electron chi connectivity index (χ3n) is 3.23. The number of ether oxygens (including phenoxy) is 1. The number of anilines is 1. The second kappa shape index (κ2) is 4.94. The Bertz CT molecular complexity index is 594. The predicted molar refractivity (Wildman–Crippen MR) is 76.8 cm³/mol. The first-order chi connectivity index (χ1) is 9.13. The van der Waals surface area contributed by atoms with Crippen molar-refractivity contribution in [2.24, 2.45) is 0 Å². The van der Waals surface area contributed by atoms with Crippen molar-refractivity contribution >= 4 is 28.5 Å². The largest absolute Gasteiger partial charge is 0.372 e. The van der Waals surface area contributed by atoms with Crippen LogP contribution in [0.4, 0.5) is 5.82 Å². The molecular weight excluding hydrogens is 262 g/mol. The SMILES string of the molecule is CC1CN(c2nc3ccccc3nc2Cl)CC(C)O1. The van der Waals surface area contributed by atoms with Crippen molar-refractivity contribution in [2.75, 3.05) is 18.0 Å². The Morgan fingerprint density at radius 3 is 2.32 bits per heavy atom. The van der Waals surface area contributed by atoms with Crippen LogP contribution in [-0.4, -0.2) is 35.3 Å². The molecule has 19 heavy (non-hydrogen) atoms. The van der Waals surface area contributed by atoms with Crippen LogP contribution in [-0.2, 0) is 4.74 Å². The van der Waals surface area contributed by atoms with Gasteiger partial charge in [-0.3, -0.25) is 0 Å². The number of halogens is 1. The van der Waals surface area contributed by atoms with Crippen LogP contribution in [0.1, 0.15) is 13.8 Å². The van der Waals surface area contributed by atoms with E-state index in [0.29, 0.717) is 5.15 Å². The summed E-state index contributed by atoms with van der Waals surface area (Å²) in [7, 11) is 0. The number of hydrogen-bond acceptors (Lipinski definition) is 4. The summed E-state index contributed by atoms with van der Waals surface area (Å²) in [4.78, 5) is 11.2. The van der Waals surface area contributed by atoms with Gasteiger partial charge in [-0.1, -0.05) is 23.7 Å². The second-order valence-electron chi connectivity index (χ2n) is 4.99. The first-order valence-electron chi connectivity index (χ1n) is 6.46. The molecule has 100 valence electrons. The lowest BCUT2D eigenvalue weighted by molar-refractivity contribution is -0.00545. The molecule has 1 saturated heterocycles. The van der Waals surface area contributed by atoms with E-state index in [4.69, 9.17) is 16.3 Å². The van der Waals surface area contributed by atoms with Crippen molar-refractivity contribution < 1.29 is 4.74 Å². The van der Waals surface area contributed by atoms with Gasteiger partial charge in [0.15, 0.2) is 11.0 Å². The lowest BCUT2D eigenvalue weighted by Crippen LogP contribution is -2.46. The van der Waals surface area contributed by atoms with Crippen LogP contribution in [0.3, 0.4) is 0 Å². The lowest BCUT2D eigenvalue weighted by Gasteiger charge is -2.36. The maximum Gasteiger partial charge on any atom is 0.172 e. The van der Waals surface area contributed by atoms with Crippen molar-refractivity contribution in [3.8, 4) is 0 Å². The Morgan fingerprint density at radius 1 is 1.11 bits per heavy atom. The molecule has 0 bridgehead atoms. The van der Waals surface area contributed by atoms with Crippen molar-refractivity contribution in [3.05, 3.63) is 29.4 Å². The predicted octanol–water partition coefficient (Wildman–Crippen LogP) is 2.90. The number of hydrogen-bond donors (Lipinski definition) is 0. The number of nitrogens with zero attached hydrogens (tertiary/aromatic N) is 3. The van der Waals surface area contributed by atoms with Gasteiger partial charge in [0.25, 0.3) is 0 Å². The number of fused-ring (bicyclic) bond motifs is 1. The van der Waals surface area contributed by atoms with Gasteiger partial charge in [0.2, 0.25) is 0 Å². The van der Waals surface area contributed by atoms with Gasteiger partial charge in [-0.15, -0.1) is 0 Å². The molecule has 1 aliphatic heterocycles. The van der Waals surface area contributed by atoms with E-state index in [0.717, 1.165) is 29.9 Å². The van der Waals surface area contributed by atoms with E-state index in [1.165, 1.54) is 0 Å². The van der Waals surface area contributed by atoms with E-state index < -0.39 is 0 Å². The summed E-state index contributed by atoms with van der Waals surface area (Å²) in [5, 5.41) is 0.458. The van der Waals surface area contributed by atoms with Gasteiger partial charge >= 0.3 is 0 Å². The minimum atomic E-state index is 0.174. The van der Waals surface area contributed by atoms with E-state index in [9.17, 15) is 0 Å². The van der Waals surface area contributed by atoms with Crippen LogP contribution >= 0.6 is 11.6 Å². The fourth-order valence-corrected chi connectivity index (χ4v) is 2.77. The van der Waals surface area contributed by atoms with Crippen LogP contribution < -0.4 is 4.90 Å². The Hall–Kier alpha value is -1.39. The maximum absolute atomic E-state index is 6.28. The fraction of sp³-hybridized carbons (Fsp3) is 0.429. The molecule has 3 rings (SSSR count). The average Bonchev–Trinajstić information content (AvgIpc) is 2.36. The van der Waals surface area contributed by atoms with E-state index in [2.05, 4.69) is 28.7 Å². The normalized spacial score (nSPS) is 23.8. The van der Waals surface area contributed by atoms with Crippen molar-refractivity contribution in [3.63, 3.8) is 0 Å². The van der Waals surface area contributed by atoms with E-state index in [-0.39, 0.29) is 12.2 Å². The molecule has 2 heterocycles. The Labute approximate surface area is 117 Å². The summed E-state index contributed by atoms with van der Waals surface area (Å²) >= 11 is 6.28. The second-order valence-corrected chi connectivity index (χ2v) is 5.35. The first kappa shape index (κ1) is 12.6. The molecule has 4 nitrogen and oxygen atoms in total. The standard InChI is InChI=1S/C14H16ClN3O/c1-9-7-18(8-10(2)19-9)14-13(15)16-11-5-3-4-6-12(11)17-14/h3-6,9-10H,7-8H2,1-2H3. The Balaban J connectivity index is 2.01. The van der Waals surface area contributed by atoms with Crippen LogP contribution in [0.25, 0.3) is 11.0 Å². The quantitative estimate of drug-likeness (QED) is 0.803. The molecule has 0 aliphatic carbocycles. The van der Waals surface area contributed by atoms with Crippen LogP contribution in [0, 0.1) is 0 Å². The number of rotatable bonds is 1. The molecule has 0 amide bonds. The average molecular weight is 278 g/mol. The molecule has 2 aromatic rings. The molecule has 0 N–H and O–H groups in total. The van der Waals surface area contributed by atoms with Gasteiger partial charge in [0.05, 0.1) is 23.2 Å². The Morgan fingerprint density at radius 2 is 1.68 bits per heavy atom. The van der Waals surface area contributed by atoms with Gasteiger partial charge < -0.3 is 9.64 Å². The highest BCUT2D eigenvalue weighted by Crippen LogP contribution is 2.27. The highest BCUT2D eigenvalue weighted by molar-refractivity contribution is 6.32. The molecule has 0 spiro atoms. The van der Waals surface area contributed by atoms with Crippen LogP contribution in [0.5, 0.6) is 0 Å². The zero-order chi connectivity index (χ0) is 13.4. The van der Waals surface area contributed by atoms with Crippen molar-refractivity contribution in [1.29, 1.82) is 0 Å². The maximum atomic E-state index is 6.28. The van der Waals surface area contributed by atoms with Crippen LogP contribution in [0.2, 0.25) is 5.15 Å². The molecule has 1 aromatic carbocycles. The topological polar surface area (TPSA) is 38.2 Å². The van der Waals surface area contributed by atoms with Crippen LogP contribution in [0.15, 0.2) is 24.3 Å². The molecule has 5 heteroatoms. The van der Waals surface area contributed by atoms with E-state index in [1.807, 2.05) is 24.3 Å². The fourth-order valence-electron chi connectivity index (χ4n) is 2.52. The molecule has 1 aromatic heterocycles. The number of morpholine rings is 1. The molecule has 0 saturated carbocycles. The zero-order valence-corrected chi connectivity index (χ0v) is 11.8. The highest BCUT2D eigenvalue weighted by Gasteiger charge is 2.25. The molecule has 2 unspecified atom stereocenters. The smallest absolute Gasteiger partial charge is 0.172 e. The summed E-state index contributed by atoms with van der Waals surface area (Å²) in [5.74, 6) is 0.752. The van der Waals surface area contributed by atoms with Gasteiger partial charge in [0, 0.05) is 13.1 Å².